The summed E-state index contributed by atoms with van der Waals surface area (Å²) in [5, 5.41) is 3.64. The van der Waals surface area contributed by atoms with Crippen LogP contribution in [0.1, 0.15) is 57.8 Å². The zero-order valence-corrected chi connectivity index (χ0v) is 14.3. The predicted molar refractivity (Wildman–Crippen MR) is 91.2 cm³/mol. The normalized spacial score (nSPS) is 19.7. The lowest BCUT2D eigenvalue weighted by Gasteiger charge is -2.25. The molecule has 1 aliphatic rings. The van der Waals surface area contributed by atoms with Crippen molar-refractivity contribution in [1.29, 1.82) is 0 Å². The summed E-state index contributed by atoms with van der Waals surface area (Å²) in [6, 6.07) is 2.79. The standard InChI is InChI=1S/C18H28N4/c1-13-11-15-16(20-12-13)22(17(21-15)18(2,3)4)10-8-14-7-5-6-9-19-14/h11-12,14,19H,5-10H2,1-4H3. The molecular weight excluding hydrogens is 272 g/mol. The van der Waals surface area contributed by atoms with Gasteiger partial charge in [-0.1, -0.05) is 27.2 Å². The van der Waals surface area contributed by atoms with Gasteiger partial charge in [0.2, 0.25) is 0 Å². The van der Waals surface area contributed by atoms with Crippen LogP contribution in [-0.4, -0.2) is 27.1 Å². The highest BCUT2D eigenvalue weighted by molar-refractivity contribution is 5.72. The molecule has 0 bridgehead atoms. The van der Waals surface area contributed by atoms with Crippen molar-refractivity contribution in [3.63, 3.8) is 0 Å². The van der Waals surface area contributed by atoms with Crippen LogP contribution < -0.4 is 5.32 Å². The molecule has 4 nitrogen and oxygen atoms in total. The van der Waals surface area contributed by atoms with E-state index >= 15 is 0 Å². The van der Waals surface area contributed by atoms with Crippen molar-refractivity contribution in [2.45, 2.75) is 71.4 Å². The minimum atomic E-state index is 0.0363. The van der Waals surface area contributed by atoms with Crippen LogP contribution in [0.4, 0.5) is 0 Å². The second-order valence-corrected chi connectivity index (χ2v) is 7.63. The topological polar surface area (TPSA) is 42.7 Å². The molecule has 0 saturated carbocycles. The van der Waals surface area contributed by atoms with Gasteiger partial charge in [0.25, 0.3) is 0 Å². The van der Waals surface area contributed by atoms with Gasteiger partial charge in [-0.25, -0.2) is 9.97 Å². The smallest absolute Gasteiger partial charge is 0.160 e. The van der Waals surface area contributed by atoms with Gasteiger partial charge < -0.3 is 9.88 Å². The summed E-state index contributed by atoms with van der Waals surface area (Å²) in [4.78, 5) is 9.55. The number of pyridine rings is 1. The molecule has 2 aromatic rings. The second-order valence-electron chi connectivity index (χ2n) is 7.63. The van der Waals surface area contributed by atoms with Crippen LogP contribution in [0.5, 0.6) is 0 Å². The predicted octanol–water partition coefficient (Wildman–Crippen LogP) is 3.57. The maximum Gasteiger partial charge on any atom is 0.160 e. The number of nitrogens with one attached hydrogen (secondary N) is 1. The number of aryl methyl sites for hydroxylation is 2. The van der Waals surface area contributed by atoms with Crippen LogP contribution >= 0.6 is 0 Å². The fraction of sp³-hybridized carbons (Fsp3) is 0.667. The van der Waals surface area contributed by atoms with Crippen molar-refractivity contribution in [2.24, 2.45) is 0 Å². The van der Waals surface area contributed by atoms with Crippen LogP contribution in [0.3, 0.4) is 0 Å². The van der Waals surface area contributed by atoms with Crippen molar-refractivity contribution >= 4 is 11.2 Å². The van der Waals surface area contributed by atoms with E-state index in [0.717, 1.165) is 30.0 Å². The molecule has 1 unspecified atom stereocenters. The van der Waals surface area contributed by atoms with Gasteiger partial charge in [-0.15, -0.1) is 0 Å². The van der Waals surface area contributed by atoms with Crippen LogP contribution in [0, 0.1) is 6.92 Å². The van der Waals surface area contributed by atoms with E-state index in [4.69, 9.17) is 4.98 Å². The van der Waals surface area contributed by atoms with Gasteiger partial charge in [-0.05, 0) is 44.4 Å². The second kappa shape index (κ2) is 5.99. The lowest BCUT2D eigenvalue weighted by Crippen LogP contribution is -2.35. The monoisotopic (exact) mass is 300 g/mol. The lowest BCUT2D eigenvalue weighted by atomic mass is 9.95. The van der Waals surface area contributed by atoms with E-state index in [1.54, 1.807) is 0 Å². The first-order valence-corrected chi connectivity index (χ1v) is 8.52. The van der Waals surface area contributed by atoms with Crippen LogP contribution in [-0.2, 0) is 12.0 Å². The van der Waals surface area contributed by atoms with Gasteiger partial charge in [0.15, 0.2) is 5.65 Å². The number of fused-ring (bicyclic) bond motifs is 1. The number of hydrogen-bond acceptors (Lipinski definition) is 3. The first kappa shape index (κ1) is 15.5. The molecule has 22 heavy (non-hydrogen) atoms. The average Bonchev–Trinajstić information content (AvgIpc) is 2.84. The summed E-state index contributed by atoms with van der Waals surface area (Å²) in [6.45, 7) is 10.9. The summed E-state index contributed by atoms with van der Waals surface area (Å²) in [5.41, 5.74) is 3.27. The molecule has 3 rings (SSSR count). The zero-order valence-electron chi connectivity index (χ0n) is 14.3. The highest BCUT2D eigenvalue weighted by Gasteiger charge is 2.24. The average molecular weight is 300 g/mol. The minimum Gasteiger partial charge on any atom is -0.314 e. The van der Waals surface area contributed by atoms with E-state index in [9.17, 15) is 0 Å². The molecule has 1 atom stereocenters. The van der Waals surface area contributed by atoms with Crippen molar-refractivity contribution in [2.75, 3.05) is 6.54 Å². The van der Waals surface area contributed by atoms with E-state index in [0.29, 0.717) is 6.04 Å². The molecule has 3 heterocycles. The molecule has 2 aromatic heterocycles. The van der Waals surface area contributed by atoms with Gasteiger partial charge in [0.1, 0.15) is 11.3 Å². The first-order valence-electron chi connectivity index (χ1n) is 8.52. The van der Waals surface area contributed by atoms with Gasteiger partial charge in [-0.3, -0.25) is 0 Å². The Hall–Kier alpha value is -1.42. The molecule has 0 spiro atoms. The maximum atomic E-state index is 4.89. The Morgan fingerprint density at radius 1 is 1.32 bits per heavy atom. The largest absolute Gasteiger partial charge is 0.314 e. The van der Waals surface area contributed by atoms with Crippen molar-refractivity contribution in [1.82, 2.24) is 19.9 Å². The van der Waals surface area contributed by atoms with Crippen LogP contribution in [0.15, 0.2) is 12.3 Å². The number of nitrogens with zero attached hydrogens (tertiary/aromatic N) is 3. The Balaban J connectivity index is 1.91. The third kappa shape index (κ3) is 3.17. The minimum absolute atomic E-state index is 0.0363. The Bertz CT molecular complexity index is 645. The third-order valence-electron chi connectivity index (χ3n) is 4.51. The molecule has 0 aromatic carbocycles. The molecule has 1 saturated heterocycles. The number of aromatic nitrogens is 3. The van der Waals surface area contributed by atoms with Crippen LogP contribution in [0.25, 0.3) is 11.2 Å². The third-order valence-corrected chi connectivity index (χ3v) is 4.51. The summed E-state index contributed by atoms with van der Waals surface area (Å²) < 4.78 is 2.34. The molecule has 1 aliphatic heterocycles. The van der Waals surface area contributed by atoms with E-state index in [2.05, 4.69) is 48.6 Å². The van der Waals surface area contributed by atoms with E-state index < -0.39 is 0 Å². The molecule has 4 heteroatoms. The number of imidazole rings is 1. The number of piperidine rings is 1. The molecule has 1 N–H and O–H groups in total. The molecule has 0 radical (unpaired) electrons. The van der Waals surface area contributed by atoms with Crippen molar-refractivity contribution in [3.8, 4) is 0 Å². The fourth-order valence-electron chi connectivity index (χ4n) is 3.35. The highest BCUT2D eigenvalue weighted by Crippen LogP contribution is 2.26. The quantitative estimate of drug-likeness (QED) is 0.942. The number of hydrogen-bond donors (Lipinski definition) is 1. The summed E-state index contributed by atoms with van der Waals surface area (Å²) in [6.07, 6.45) is 7.07. The highest BCUT2D eigenvalue weighted by atomic mass is 15.1. The van der Waals surface area contributed by atoms with E-state index in [1.807, 2.05) is 6.20 Å². The Labute approximate surface area is 133 Å². The Morgan fingerprint density at radius 3 is 2.82 bits per heavy atom. The molecular formula is C18H28N4. The fourth-order valence-corrected chi connectivity index (χ4v) is 3.35. The Morgan fingerprint density at radius 2 is 2.14 bits per heavy atom. The van der Waals surface area contributed by atoms with Gasteiger partial charge in [0, 0.05) is 24.2 Å². The van der Waals surface area contributed by atoms with Gasteiger partial charge >= 0.3 is 0 Å². The molecule has 1 fully saturated rings. The lowest BCUT2D eigenvalue weighted by molar-refractivity contribution is 0.361. The molecule has 120 valence electrons. The summed E-state index contributed by atoms with van der Waals surface area (Å²) in [7, 11) is 0. The summed E-state index contributed by atoms with van der Waals surface area (Å²) in [5.74, 6) is 1.15. The SMILES string of the molecule is Cc1cnc2c(c1)nc(C(C)(C)C)n2CCC1CCCCN1. The number of rotatable bonds is 3. The zero-order chi connectivity index (χ0) is 15.7. The van der Waals surface area contributed by atoms with E-state index in [1.165, 1.54) is 31.4 Å². The molecule has 0 amide bonds. The van der Waals surface area contributed by atoms with E-state index in [-0.39, 0.29) is 5.41 Å². The first-order chi connectivity index (χ1) is 10.4. The van der Waals surface area contributed by atoms with Crippen molar-refractivity contribution < 1.29 is 0 Å². The summed E-state index contributed by atoms with van der Waals surface area (Å²) >= 11 is 0. The van der Waals surface area contributed by atoms with Gasteiger partial charge in [0.05, 0.1) is 0 Å². The van der Waals surface area contributed by atoms with Crippen LogP contribution in [0.2, 0.25) is 0 Å². The van der Waals surface area contributed by atoms with Gasteiger partial charge in [-0.2, -0.15) is 0 Å². The Kier molecular flexibility index (Phi) is 4.22. The molecule has 0 aliphatic carbocycles. The van der Waals surface area contributed by atoms with Crippen molar-refractivity contribution in [3.05, 3.63) is 23.7 Å². The maximum absolute atomic E-state index is 4.89.